The van der Waals surface area contributed by atoms with Crippen LogP contribution in [0, 0.1) is 28.6 Å². The van der Waals surface area contributed by atoms with Crippen molar-refractivity contribution in [3.05, 3.63) is 46.5 Å². The highest BCUT2D eigenvalue weighted by atomic mass is 32.2. The number of anilines is 2. The lowest BCUT2D eigenvalue weighted by atomic mass is 9.96. The van der Waals surface area contributed by atoms with Crippen molar-refractivity contribution in [1.29, 1.82) is 10.5 Å². The van der Waals surface area contributed by atoms with Gasteiger partial charge in [-0.1, -0.05) is 32.9 Å². The number of hydrogen-bond donors (Lipinski definition) is 1. The molecule has 8 heteroatoms. The summed E-state index contributed by atoms with van der Waals surface area (Å²) >= 11 is 1.59. The number of aliphatic hydroxyl groups excluding tert-OH is 1. The molecule has 1 N–H and O–H groups in total. The predicted octanol–water partition coefficient (Wildman–Crippen LogP) is 5.16. The third kappa shape index (κ3) is 8.93. The van der Waals surface area contributed by atoms with E-state index in [1.165, 1.54) is 12.0 Å². The number of nitriles is 2. The summed E-state index contributed by atoms with van der Waals surface area (Å²) in [6.45, 7) is 8.84. The highest BCUT2D eigenvalue weighted by molar-refractivity contribution is 7.98. The molecule has 7 nitrogen and oxygen atoms in total. The first kappa shape index (κ1) is 32.2. The van der Waals surface area contributed by atoms with E-state index in [-0.39, 0.29) is 0 Å². The van der Waals surface area contributed by atoms with E-state index in [4.69, 9.17) is 10.1 Å². The van der Waals surface area contributed by atoms with E-state index in [9.17, 15) is 10.5 Å². The van der Waals surface area contributed by atoms with Crippen LogP contribution in [0.25, 0.3) is 0 Å². The van der Waals surface area contributed by atoms with Gasteiger partial charge in [0.15, 0.2) is 0 Å². The van der Waals surface area contributed by atoms with Crippen LogP contribution in [-0.4, -0.2) is 69.9 Å². The summed E-state index contributed by atoms with van der Waals surface area (Å²) in [7, 11) is 9.27. The molecule has 0 bridgehead atoms. The average molecular weight is 525 g/mol. The van der Waals surface area contributed by atoms with Crippen LogP contribution in [0.4, 0.5) is 11.5 Å². The molecule has 1 saturated heterocycles. The lowest BCUT2D eigenvalue weighted by Crippen LogP contribution is -2.40. The largest absolute Gasteiger partial charge is 0.400 e. The van der Waals surface area contributed by atoms with Crippen molar-refractivity contribution in [2.75, 3.05) is 64.7 Å². The highest BCUT2D eigenvalue weighted by Gasteiger charge is 2.27. The first-order valence-electron chi connectivity index (χ1n) is 13.0. The normalized spacial score (nSPS) is 14.5. The Kier molecular flexibility index (Phi) is 14.7. The van der Waals surface area contributed by atoms with Gasteiger partial charge in [-0.05, 0) is 62.5 Å². The number of piperidine rings is 1. The van der Waals surface area contributed by atoms with Gasteiger partial charge in [-0.15, -0.1) is 11.8 Å². The molecule has 0 radical (unpaired) electrons. The topological polar surface area (TPSA) is 90.4 Å². The number of pyridine rings is 1. The number of benzene rings is 1. The summed E-state index contributed by atoms with van der Waals surface area (Å²) in [5.41, 5.74) is 4.29. The van der Waals surface area contributed by atoms with Gasteiger partial charge in [0, 0.05) is 52.3 Å². The van der Waals surface area contributed by atoms with Crippen LogP contribution in [0.15, 0.2) is 29.3 Å². The number of aliphatic hydroxyl groups is 1. The Morgan fingerprint density at radius 3 is 2.19 bits per heavy atom. The van der Waals surface area contributed by atoms with Crippen molar-refractivity contribution in [3.63, 3.8) is 0 Å². The Bertz CT molecular complexity index is 1040. The molecule has 1 atom stereocenters. The van der Waals surface area contributed by atoms with Crippen molar-refractivity contribution in [3.8, 4) is 12.1 Å². The van der Waals surface area contributed by atoms with Crippen LogP contribution in [0.5, 0.6) is 0 Å². The van der Waals surface area contributed by atoms with Gasteiger partial charge in [-0.25, -0.2) is 4.98 Å². The van der Waals surface area contributed by atoms with E-state index in [0.717, 1.165) is 61.0 Å². The van der Waals surface area contributed by atoms with Gasteiger partial charge in [0.25, 0.3) is 0 Å². The van der Waals surface area contributed by atoms with Crippen molar-refractivity contribution < 1.29 is 5.11 Å². The molecular weight excluding hydrogens is 480 g/mol. The molecule has 1 unspecified atom stereocenters. The van der Waals surface area contributed by atoms with E-state index in [2.05, 4.69) is 65.2 Å². The van der Waals surface area contributed by atoms with E-state index >= 15 is 0 Å². The van der Waals surface area contributed by atoms with Gasteiger partial charge < -0.3 is 19.8 Å². The molecule has 2 aromatic rings. The zero-order valence-corrected chi connectivity index (χ0v) is 24.7. The maximum Gasteiger partial charge on any atom is 0.148 e. The monoisotopic (exact) mass is 524 g/mol. The minimum atomic E-state index is 0.550. The van der Waals surface area contributed by atoms with Crippen molar-refractivity contribution in [2.24, 2.45) is 5.92 Å². The maximum atomic E-state index is 10.0. The third-order valence-corrected chi connectivity index (χ3v) is 7.14. The minimum Gasteiger partial charge on any atom is -0.400 e. The van der Waals surface area contributed by atoms with Gasteiger partial charge >= 0.3 is 0 Å². The van der Waals surface area contributed by atoms with Crippen molar-refractivity contribution >= 4 is 23.3 Å². The van der Waals surface area contributed by atoms with Crippen LogP contribution >= 0.6 is 11.8 Å². The molecule has 1 fully saturated rings. The van der Waals surface area contributed by atoms with Crippen molar-refractivity contribution in [2.45, 2.75) is 50.8 Å². The Hall–Kier alpha value is -2.78. The standard InChI is InChI=1S/C26H34N6S.C2H6.CH4O/c1-6-22-23(14-27)25(32-13-7-8-20(17-32)16-30(2)3)29-26(24(22)15-28)33-18-19-9-11-21(12-10-19)31(4)5;2*1-2/h9-12,20H,6-8,13,16-18H2,1-5H3;1-2H3;2H,1H3. The molecule has 0 amide bonds. The quantitative estimate of drug-likeness (QED) is 0.474. The summed E-state index contributed by atoms with van der Waals surface area (Å²) in [6, 6.07) is 13.2. The molecule has 2 heterocycles. The lowest BCUT2D eigenvalue weighted by Gasteiger charge is -2.35. The second-order valence-electron chi connectivity index (χ2n) is 9.11. The van der Waals surface area contributed by atoms with Crippen LogP contribution < -0.4 is 9.80 Å². The summed E-state index contributed by atoms with van der Waals surface area (Å²) < 4.78 is 0. The van der Waals surface area contributed by atoms with Crippen LogP contribution in [0.3, 0.4) is 0 Å². The molecule has 0 spiro atoms. The fourth-order valence-electron chi connectivity index (χ4n) is 4.48. The van der Waals surface area contributed by atoms with E-state index < -0.39 is 0 Å². The fraction of sp³-hybridized carbons (Fsp3) is 0.552. The molecule has 37 heavy (non-hydrogen) atoms. The predicted molar refractivity (Wildman–Crippen MR) is 156 cm³/mol. The fourth-order valence-corrected chi connectivity index (χ4v) is 5.44. The maximum absolute atomic E-state index is 10.0. The lowest BCUT2D eigenvalue weighted by molar-refractivity contribution is 0.291. The van der Waals surface area contributed by atoms with Crippen LogP contribution in [-0.2, 0) is 12.2 Å². The van der Waals surface area contributed by atoms with Crippen LogP contribution in [0.1, 0.15) is 55.9 Å². The SMILES string of the molecule is CC.CCc1c(C#N)c(SCc2ccc(N(C)C)cc2)nc(N2CCCC(CN(C)C)C2)c1C#N.CO. The Morgan fingerprint density at radius 1 is 1.05 bits per heavy atom. The van der Waals surface area contributed by atoms with Gasteiger partial charge in [-0.2, -0.15) is 10.5 Å². The summed E-state index contributed by atoms with van der Waals surface area (Å²) in [5.74, 6) is 2.03. The molecule has 1 aliphatic heterocycles. The molecule has 202 valence electrons. The molecular formula is C29H44N6OS. The second kappa shape index (κ2) is 16.9. The average Bonchev–Trinajstić information content (AvgIpc) is 2.93. The Labute approximate surface area is 228 Å². The first-order valence-corrected chi connectivity index (χ1v) is 14.0. The van der Waals surface area contributed by atoms with Gasteiger partial charge in [0.2, 0.25) is 0 Å². The summed E-state index contributed by atoms with van der Waals surface area (Å²) in [4.78, 5) is 11.5. The van der Waals surface area contributed by atoms with E-state index in [1.807, 2.05) is 34.9 Å². The molecule has 0 aliphatic carbocycles. The zero-order valence-electron chi connectivity index (χ0n) is 23.9. The molecule has 1 aromatic heterocycles. The Balaban J connectivity index is 0.00000163. The smallest absolute Gasteiger partial charge is 0.148 e. The van der Waals surface area contributed by atoms with Crippen molar-refractivity contribution in [1.82, 2.24) is 9.88 Å². The molecule has 3 rings (SSSR count). The highest BCUT2D eigenvalue weighted by Crippen LogP contribution is 2.35. The molecule has 0 saturated carbocycles. The number of aromatic nitrogens is 1. The number of hydrogen-bond acceptors (Lipinski definition) is 8. The number of rotatable bonds is 8. The summed E-state index contributed by atoms with van der Waals surface area (Å²) in [6.07, 6.45) is 2.92. The van der Waals surface area contributed by atoms with E-state index in [1.54, 1.807) is 11.8 Å². The first-order chi connectivity index (χ1) is 17.9. The van der Waals surface area contributed by atoms with Crippen LogP contribution in [0.2, 0.25) is 0 Å². The molecule has 1 aromatic carbocycles. The minimum absolute atomic E-state index is 0.550. The second-order valence-corrected chi connectivity index (χ2v) is 10.1. The van der Waals surface area contributed by atoms with Gasteiger partial charge in [-0.3, -0.25) is 0 Å². The van der Waals surface area contributed by atoms with Gasteiger partial charge in [0.05, 0.1) is 11.1 Å². The third-order valence-electron chi connectivity index (χ3n) is 6.10. The number of nitrogens with zero attached hydrogens (tertiary/aromatic N) is 6. The Morgan fingerprint density at radius 2 is 1.68 bits per heavy atom. The summed E-state index contributed by atoms with van der Waals surface area (Å²) in [5, 5.41) is 27.7. The molecule has 1 aliphatic rings. The van der Waals surface area contributed by atoms with Gasteiger partial charge in [0.1, 0.15) is 23.0 Å². The zero-order chi connectivity index (χ0) is 28.0. The van der Waals surface area contributed by atoms with E-state index in [0.29, 0.717) is 23.5 Å². The number of thioether (sulfide) groups is 1.